The Bertz CT molecular complexity index is 1330. The lowest BCUT2D eigenvalue weighted by Crippen LogP contribution is -2.34. The maximum atomic E-state index is 11.5. The van der Waals surface area contributed by atoms with Gasteiger partial charge in [0.25, 0.3) is 0 Å². The Morgan fingerprint density at radius 1 is 1.05 bits per heavy atom. The highest BCUT2D eigenvalue weighted by Gasteiger charge is 2.24. The summed E-state index contributed by atoms with van der Waals surface area (Å²) >= 11 is 6.05. The second-order valence-corrected chi connectivity index (χ2v) is 9.75. The maximum absolute atomic E-state index is 11.5. The summed E-state index contributed by atoms with van der Waals surface area (Å²) in [5.74, 6) is -0.788. The minimum absolute atomic E-state index is 0.0137. The molecule has 3 aromatic rings. The van der Waals surface area contributed by atoms with Crippen molar-refractivity contribution in [1.82, 2.24) is 10.1 Å². The van der Waals surface area contributed by atoms with E-state index in [-0.39, 0.29) is 5.78 Å². The van der Waals surface area contributed by atoms with Gasteiger partial charge >= 0.3 is 11.9 Å². The van der Waals surface area contributed by atoms with E-state index in [9.17, 15) is 14.4 Å². The van der Waals surface area contributed by atoms with Crippen LogP contribution in [0, 0.1) is 0 Å². The van der Waals surface area contributed by atoms with Crippen molar-refractivity contribution in [3.05, 3.63) is 64.8 Å². The summed E-state index contributed by atoms with van der Waals surface area (Å²) < 4.78 is 16.7. The van der Waals surface area contributed by atoms with Crippen molar-refractivity contribution < 1.29 is 38.6 Å². The molecule has 2 heterocycles. The number of hydrogen-bond acceptors (Lipinski definition) is 8. The zero-order valence-corrected chi connectivity index (χ0v) is 23.2. The van der Waals surface area contributed by atoms with Crippen LogP contribution in [-0.4, -0.2) is 71.3 Å². The first-order valence-corrected chi connectivity index (χ1v) is 13.3. The van der Waals surface area contributed by atoms with Crippen molar-refractivity contribution in [2.75, 3.05) is 33.4 Å². The third-order valence-corrected chi connectivity index (χ3v) is 6.74. The number of aliphatic carboxylic acids is 2. The largest absolute Gasteiger partial charge is 0.493 e. The molecule has 0 spiro atoms. The van der Waals surface area contributed by atoms with Gasteiger partial charge in [-0.1, -0.05) is 16.8 Å². The molecule has 4 rings (SSSR count). The van der Waals surface area contributed by atoms with Crippen LogP contribution in [0.2, 0.25) is 5.02 Å². The number of hydrogen-bond donors (Lipinski definition) is 2. The molecule has 11 heteroatoms. The van der Waals surface area contributed by atoms with E-state index in [0.29, 0.717) is 46.8 Å². The first-order valence-electron chi connectivity index (χ1n) is 12.9. The molecule has 1 fully saturated rings. The average Bonchev–Trinajstić information content (AvgIpc) is 3.35. The zero-order valence-electron chi connectivity index (χ0n) is 22.5. The standard InChI is InChI=1S/C25H29ClN2O4.C4H4O4/c1-17(29)19-5-8-22(24(15-19)30-2)31-14-4-3-11-28-12-9-18(10-13-28)25-21-7-6-20(26)16-23(21)32-27-25;5-3(6)1-2-4(7)8/h5-8,15-16,18H,3-4,9-14H2,1-2H3;1-2H,(H,5,6)(H,7,8). The molecule has 2 N–H and O–H groups in total. The van der Waals surface area contributed by atoms with Crippen LogP contribution in [-0.2, 0) is 9.59 Å². The Labute approximate surface area is 237 Å². The number of carbonyl (C=O) groups excluding carboxylic acids is 1. The fraction of sp³-hybridized carbons (Fsp3) is 0.379. The first-order chi connectivity index (χ1) is 19.2. The van der Waals surface area contributed by atoms with Gasteiger partial charge in [-0.3, -0.25) is 4.79 Å². The van der Waals surface area contributed by atoms with Crippen molar-refractivity contribution in [3.63, 3.8) is 0 Å². The molecular formula is C29H33ClN2O8. The van der Waals surface area contributed by atoms with E-state index >= 15 is 0 Å². The lowest BCUT2D eigenvalue weighted by Gasteiger charge is -2.31. The number of nitrogens with zero attached hydrogens (tertiary/aromatic N) is 2. The van der Waals surface area contributed by atoms with E-state index < -0.39 is 11.9 Å². The number of methoxy groups -OCH3 is 1. The van der Waals surface area contributed by atoms with Gasteiger partial charge < -0.3 is 29.1 Å². The van der Waals surface area contributed by atoms with Gasteiger partial charge in [-0.15, -0.1) is 0 Å². The molecule has 214 valence electrons. The molecular weight excluding hydrogens is 540 g/mol. The number of aromatic nitrogens is 1. The first kappa shape index (κ1) is 30.6. The number of likely N-dealkylation sites (tertiary alicyclic amines) is 1. The molecule has 0 radical (unpaired) electrons. The summed E-state index contributed by atoms with van der Waals surface area (Å²) in [7, 11) is 1.59. The second-order valence-electron chi connectivity index (χ2n) is 9.31. The second kappa shape index (κ2) is 15.0. The molecule has 1 aliphatic heterocycles. The minimum atomic E-state index is -1.26. The van der Waals surface area contributed by atoms with Gasteiger partial charge in [0.05, 0.1) is 19.4 Å². The summed E-state index contributed by atoms with van der Waals surface area (Å²) in [6, 6.07) is 11.1. The Kier molecular flexibility index (Phi) is 11.5. The van der Waals surface area contributed by atoms with Gasteiger partial charge in [-0.2, -0.15) is 0 Å². The third kappa shape index (κ3) is 9.10. The fourth-order valence-corrected chi connectivity index (χ4v) is 4.59. The lowest BCUT2D eigenvalue weighted by molar-refractivity contribution is -0.134. The molecule has 10 nitrogen and oxygen atoms in total. The van der Waals surface area contributed by atoms with Gasteiger partial charge in [-0.05, 0) is 82.6 Å². The van der Waals surface area contributed by atoms with Crippen LogP contribution in [0.3, 0.4) is 0 Å². The molecule has 40 heavy (non-hydrogen) atoms. The van der Waals surface area contributed by atoms with Crippen LogP contribution in [0.4, 0.5) is 0 Å². The van der Waals surface area contributed by atoms with Crippen LogP contribution in [0.1, 0.15) is 54.6 Å². The van der Waals surface area contributed by atoms with Crippen LogP contribution < -0.4 is 9.47 Å². The Morgan fingerprint density at radius 2 is 1.75 bits per heavy atom. The Hall–Kier alpha value is -3.89. The molecule has 1 saturated heterocycles. The number of ketones is 1. The number of halogens is 1. The monoisotopic (exact) mass is 572 g/mol. The summed E-state index contributed by atoms with van der Waals surface area (Å²) in [5.41, 5.74) is 2.46. The number of Topliss-reactive ketones (excluding diaryl/α,β-unsaturated/α-hetero) is 1. The van der Waals surface area contributed by atoms with Crippen molar-refractivity contribution in [2.24, 2.45) is 0 Å². The van der Waals surface area contributed by atoms with Gasteiger partial charge in [-0.25, -0.2) is 9.59 Å². The van der Waals surface area contributed by atoms with Crippen molar-refractivity contribution >= 4 is 40.3 Å². The quantitative estimate of drug-likeness (QED) is 0.173. The smallest absolute Gasteiger partial charge is 0.328 e. The average molecular weight is 573 g/mol. The predicted molar refractivity (Wildman–Crippen MR) is 150 cm³/mol. The van der Waals surface area contributed by atoms with Crippen LogP contribution >= 0.6 is 11.6 Å². The number of carboxylic acid groups (broad SMARTS) is 2. The number of fused-ring (bicyclic) bond motifs is 1. The third-order valence-electron chi connectivity index (χ3n) is 6.50. The van der Waals surface area contributed by atoms with E-state index in [4.69, 9.17) is 35.8 Å². The number of ether oxygens (including phenoxy) is 2. The fourth-order valence-electron chi connectivity index (χ4n) is 4.42. The van der Waals surface area contributed by atoms with Crippen molar-refractivity contribution in [3.8, 4) is 11.5 Å². The molecule has 0 aliphatic carbocycles. The predicted octanol–water partition coefficient (Wildman–Crippen LogP) is 5.44. The molecule has 1 aliphatic rings. The van der Waals surface area contributed by atoms with E-state index in [1.165, 1.54) is 0 Å². The summed E-state index contributed by atoms with van der Waals surface area (Å²) in [5, 5.41) is 21.7. The Balaban J connectivity index is 0.000000482. The normalized spacial score (nSPS) is 14.1. The molecule has 0 saturated carbocycles. The molecule has 2 aromatic carbocycles. The van der Waals surface area contributed by atoms with E-state index in [1.807, 2.05) is 24.3 Å². The molecule has 0 unspecified atom stereocenters. The highest BCUT2D eigenvalue weighted by atomic mass is 35.5. The number of benzene rings is 2. The van der Waals surface area contributed by atoms with Gasteiger partial charge in [0, 0.05) is 40.1 Å². The van der Waals surface area contributed by atoms with Gasteiger partial charge in [0.2, 0.25) is 0 Å². The summed E-state index contributed by atoms with van der Waals surface area (Å²) in [6.45, 7) is 5.36. The van der Waals surface area contributed by atoms with E-state index in [1.54, 1.807) is 26.2 Å². The number of rotatable bonds is 11. The summed E-state index contributed by atoms with van der Waals surface area (Å²) in [6.07, 6.45) is 5.32. The van der Waals surface area contributed by atoms with Crippen LogP contribution in [0.5, 0.6) is 11.5 Å². The molecule has 0 bridgehead atoms. The molecule has 0 amide bonds. The van der Waals surface area contributed by atoms with Crippen LogP contribution in [0.15, 0.2) is 53.1 Å². The van der Waals surface area contributed by atoms with Crippen molar-refractivity contribution in [2.45, 2.75) is 38.5 Å². The topological polar surface area (TPSA) is 139 Å². The lowest BCUT2D eigenvalue weighted by atomic mass is 9.91. The number of unbranched alkanes of at least 4 members (excludes halogenated alkanes) is 1. The minimum Gasteiger partial charge on any atom is -0.493 e. The van der Waals surface area contributed by atoms with E-state index in [0.717, 1.165) is 62.0 Å². The highest BCUT2D eigenvalue weighted by Crippen LogP contribution is 2.33. The highest BCUT2D eigenvalue weighted by molar-refractivity contribution is 6.31. The SMILES string of the molecule is COc1cc(C(C)=O)ccc1OCCCCN1CCC(c2noc3cc(Cl)ccc23)CC1.O=C(O)C=CC(=O)O. The van der Waals surface area contributed by atoms with Crippen molar-refractivity contribution in [1.29, 1.82) is 0 Å². The zero-order chi connectivity index (χ0) is 29.1. The van der Waals surface area contributed by atoms with Gasteiger partial charge in [0.15, 0.2) is 22.9 Å². The number of carbonyl (C=O) groups is 3. The van der Waals surface area contributed by atoms with Crippen LogP contribution in [0.25, 0.3) is 11.0 Å². The molecule has 0 atom stereocenters. The Morgan fingerprint density at radius 3 is 2.38 bits per heavy atom. The van der Waals surface area contributed by atoms with Gasteiger partial charge in [0.1, 0.15) is 0 Å². The summed E-state index contributed by atoms with van der Waals surface area (Å²) in [4.78, 5) is 33.1. The number of carboxylic acids is 2. The maximum Gasteiger partial charge on any atom is 0.328 e. The molecule has 1 aromatic heterocycles. The van der Waals surface area contributed by atoms with E-state index in [2.05, 4.69) is 10.1 Å². The number of piperidine rings is 1.